The number of ether oxygens (including phenoxy) is 1. The van der Waals surface area contributed by atoms with E-state index in [9.17, 15) is 9.59 Å². The SMILES string of the molecule is CN(CC1CCN(C(=O)OC(C)(C)C)CC1)C(=O)Cc1ccc(Cl)cc1. The highest BCUT2D eigenvalue weighted by Gasteiger charge is 2.27. The van der Waals surface area contributed by atoms with Crippen LogP contribution >= 0.6 is 11.6 Å². The first kappa shape index (κ1) is 20.6. The lowest BCUT2D eigenvalue weighted by Crippen LogP contribution is -2.44. The fourth-order valence-electron chi connectivity index (χ4n) is 3.03. The molecular formula is C20H29ClN2O3. The van der Waals surface area contributed by atoms with Crippen molar-refractivity contribution in [2.45, 2.75) is 45.6 Å². The van der Waals surface area contributed by atoms with Gasteiger partial charge in [-0.15, -0.1) is 0 Å². The van der Waals surface area contributed by atoms with Crippen LogP contribution in [-0.4, -0.2) is 54.1 Å². The van der Waals surface area contributed by atoms with Crippen LogP contribution in [0, 0.1) is 5.92 Å². The molecule has 1 aromatic rings. The van der Waals surface area contributed by atoms with Crippen LogP contribution in [0.4, 0.5) is 4.79 Å². The average molecular weight is 381 g/mol. The number of likely N-dealkylation sites (N-methyl/N-ethyl adjacent to an activating group) is 1. The van der Waals surface area contributed by atoms with Gasteiger partial charge in [0.15, 0.2) is 0 Å². The maximum atomic E-state index is 12.4. The number of nitrogens with zero attached hydrogens (tertiary/aromatic N) is 2. The highest BCUT2D eigenvalue weighted by molar-refractivity contribution is 6.30. The summed E-state index contributed by atoms with van der Waals surface area (Å²) in [6.07, 6.45) is 1.91. The predicted octanol–water partition coefficient (Wildman–Crippen LogP) is 3.99. The number of carbonyl (C=O) groups excluding carboxylic acids is 2. The first-order valence-electron chi connectivity index (χ1n) is 9.10. The summed E-state index contributed by atoms with van der Waals surface area (Å²) in [7, 11) is 1.85. The van der Waals surface area contributed by atoms with E-state index in [4.69, 9.17) is 16.3 Å². The lowest BCUT2D eigenvalue weighted by atomic mass is 9.96. The van der Waals surface area contributed by atoms with Crippen LogP contribution < -0.4 is 0 Å². The van der Waals surface area contributed by atoms with E-state index in [1.165, 1.54) is 0 Å². The van der Waals surface area contributed by atoms with Crippen LogP contribution in [-0.2, 0) is 16.0 Å². The maximum absolute atomic E-state index is 12.4. The number of hydrogen-bond acceptors (Lipinski definition) is 3. The summed E-state index contributed by atoms with van der Waals surface area (Å²) in [6.45, 7) is 7.70. The fraction of sp³-hybridized carbons (Fsp3) is 0.600. The van der Waals surface area contributed by atoms with E-state index in [0.29, 0.717) is 37.0 Å². The summed E-state index contributed by atoms with van der Waals surface area (Å²) < 4.78 is 5.42. The predicted molar refractivity (Wildman–Crippen MR) is 103 cm³/mol. The zero-order valence-corrected chi connectivity index (χ0v) is 16.9. The molecule has 0 spiro atoms. The van der Waals surface area contributed by atoms with Crippen molar-refractivity contribution >= 4 is 23.6 Å². The van der Waals surface area contributed by atoms with Gasteiger partial charge in [0.05, 0.1) is 6.42 Å². The van der Waals surface area contributed by atoms with Crippen LogP contribution in [0.3, 0.4) is 0 Å². The van der Waals surface area contributed by atoms with E-state index in [-0.39, 0.29) is 12.0 Å². The molecule has 26 heavy (non-hydrogen) atoms. The van der Waals surface area contributed by atoms with Crippen LogP contribution in [0.25, 0.3) is 0 Å². The van der Waals surface area contributed by atoms with Gasteiger partial charge in [0, 0.05) is 31.7 Å². The number of hydrogen-bond donors (Lipinski definition) is 0. The molecule has 1 saturated heterocycles. The molecule has 1 fully saturated rings. The van der Waals surface area contributed by atoms with Crippen LogP contribution in [0.1, 0.15) is 39.2 Å². The molecule has 1 aliphatic rings. The zero-order valence-electron chi connectivity index (χ0n) is 16.1. The van der Waals surface area contributed by atoms with Crippen molar-refractivity contribution < 1.29 is 14.3 Å². The molecule has 1 aromatic carbocycles. The van der Waals surface area contributed by atoms with Crippen molar-refractivity contribution in [2.75, 3.05) is 26.7 Å². The summed E-state index contributed by atoms with van der Waals surface area (Å²) in [5.74, 6) is 0.509. The van der Waals surface area contributed by atoms with E-state index in [2.05, 4.69) is 0 Å². The Labute approximate surface area is 161 Å². The number of halogens is 1. The molecule has 0 saturated carbocycles. The third-order valence-electron chi connectivity index (χ3n) is 4.49. The number of benzene rings is 1. The Balaban J connectivity index is 1.76. The molecule has 0 atom stereocenters. The molecule has 1 aliphatic heterocycles. The van der Waals surface area contributed by atoms with Gasteiger partial charge in [-0.05, 0) is 57.2 Å². The topological polar surface area (TPSA) is 49.9 Å². The molecule has 2 amide bonds. The molecule has 0 unspecified atom stereocenters. The molecule has 0 bridgehead atoms. The van der Waals surface area contributed by atoms with Crippen LogP contribution in [0.5, 0.6) is 0 Å². The Hall–Kier alpha value is -1.75. The van der Waals surface area contributed by atoms with Crippen LogP contribution in [0.15, 0.2) is 24.3 Å². The lowest BCUT2D eigenvalue weighted by molar-refractivity contribution is -0.130. The maximum Gasteiger partial charge on any atom is 0.410 e. The summed E-state index contributed by atoms with van der Waals surface area (Å²) >= 11 is 5.88. The van der Waals surface area contributed by atoms with Gasteiger partial charge in [-0.1, -0.05) is 23.7 Å². The summed E-state index contributed by atoms with van der Waals surface area (Å²) in [5.41, 5.74) is 0.494. The highest BCUT2D eigenvalue weighted by atomic mass is 35.5. The second-order valence-corrected chi connectivity index (χ2v) is 8.42. The van der Waals surface area contributed by atoms with Crippen molar-refractivity contribution in [2.24, 2.45) is 5.92 Å². The Morgan fingerprint density at radius 1 is 1.19 bits per heavy atom. The van der Waals surface area contributed by atoms with Gasteiger partial charge in [0.2, 0.25) is 5.91 Å². The molecule has 1 heterocycles. The second-order valence-electron chi connectivity index (χ2n) is 7.99. The van der Waals surface area contributed by atoms with Crippen molar-refractivity contribution in [1.29, 1.82) is 0 Å². The zero-order chi connectivity index (χ0) is 19.3. The van der Waals surface area contributed by atoms with Gasteiger partial charge >= 0.3 is 6.09 Å². The van der Waals surface area contributed by atoms with Gasteiger partial charge in [-0.25, -0.2) is 4.79 Å². The third kappa shape index (κ3) is 6.52. The quantitative estimate of drug-likeness (QED) is 0.793. The van der Waals surface area contributed by atoms with Crippen LogP contribution in [0.2, 0.25) is 5.02 Å². The molecule has 144 valence electrons. The number of rotatable bonds is 4. The monoisotopic (exact) mass is 380 g/mol. The lowest BCUT2D eigenvalue weighted by Gasteiger charge is -2.34. The van der Waals surface area contributed by atoms with E-state index in [0.717, 1.165) is 18.4 Å². The number of likely N-dealkylation sites (tertiary alicyclic amines) is 1. The first-order valence-corrected chi connectivity index (χ1v) is 9.48. The third-order valence-corrected chi connectivity index (χ3v) is 4.74. The van der Waals surface area contributed by atoms with Gasteiger partial charge in [0.1, 0.15) is 5.60 Å². The number of piperidine rings is 1. The largest absolute Gasteiger partial charge is 0.444 e. The van der Waals surface area contributed by atoms with E-state index in [1.807, 2.05) is 40.0 Å². The average Bonchev–Trinajstić information content (AvgIpc) is 2.56. The van der Waals surface area contributed by atoms with Gasteiger partial charge in [-0.2, -0.15) is 0 Å². The van der Waals surface area contributed by atoms with Gasteiger partial charge < -0.3 is 14.5 Å². The van der Waals surface area contributed by atoms with Crippen molar-refractivity contribution in [1.82, 2.24) is 9.80 Å². The van der Waals surface area contributed by atoms with Crippen molar-refractivity contribution in [3.8, 4) is 0 Å². The molecule has 2 rings (SSSR count). The van der Waals surface area contributed by atoms with E-state index in [1.54, 1.807) is 21.9 Å². The summed E-state index contributed by atoms with van der Waals surface area (Å²) in [4.78, 5) is 28.1. The Bertz CT molecular complexity index is 617. The van der Waals surface area contributed by atoms with Gasteiger partial charge in [0.25, 0.3) is 0 Å². The summed E-state index contributed by atoms with van der Waals surface area (Å²) in [5, 5.41) is 0.673. The fourth-order valence-corrected chi connectivity index (χ4v) is 3.15. The Morgan fingerprint density at radius 2 is 1.77 bits per heavy atom. The molecule has 5 nitrogen and oxygen atoms in total. The summed E-state index contributed by atoms with van der Waals surface area (Å²) in [6, 6.07) is 7.37. The Morgan fingerprint density at radius 3 is 2.31 bits per heavy atom. The molecule has 0 N–H and O–H groups in total. The standard InChI is InChI=1S/C20H29ClN2O3/c1-20(2,3)26-19(25)23-11-9-16(10-12-23)14-22(4)18(24)13-15-5-7-17(21)8-6-15/h5-8,16H,9-14H2,1-4H3. The first-order chi connectivity index (χ1) is 12.1. The Kier molecular flexibility index (Phi) is 6.93. The van der Waals surface area contributed by atoms with E-state index >= 15 is 0 Å². The van der Waals surface area contributed by atoms with Crippen molar-refractivity contribution in [3.63, 3.8) is 0 Å². The molecule has 0 aliphatic carbocycles. The van der Waals surface area contributed by atoms with Crippen molar-refractivity contribution in [3.05, 3.63) is 34.9 Å². The number of carbonyl (C=O) groups is 2. The minimum atomic E-state index is -0.470. The number of amides is 2. The second kappa shape index (κ2) is 8.76. The highest BCUT2D eigenvalue weighted by Crippen LogP contribution is 2.21. The normalized spacial score (nSPS) is 15.7. The molecule has 6 heteroatoms. The van der Waals surface area contributed by atoms with E-state index < -0.39 is 5.60 Å². The molecule has 0 radical (unpaired) electrons. The smallest absolute Gasteiger partial charge is 0.410 e. The minimum absolute atomic E-state index is 0.0990. The minimum Gasteiger partial charge on any atom is -0.444 e. The molecule has 0 aromatic heterocycles. The van der Waals surface area contributed by atoms with Gasteiger partial charge in [-0.3, -0.25) is 4.79 Å². The molecular weight excluding hydrogens is 352 g/mol.